The van der Waals surface area contributed by atoms with E-state index in [0.717, 1.165) is 17.0 Å². The first kappa shape index (κ1) is 19.9. The molecule has 7 nitrogen and oxygen atoms in total. The number of aromatic nitrogens is 1. The van der Waals surface area contributed by atoms with E-state index in [9.17, 15) is 18.3 Å². The van der Waals surface area contributed by atoms with Gasteiger partial charge in [-0.2, -0.15) is 0 Å². The number of benzene rings is 2. The maximum Gasteiger partial charge on any atom is 0.258 e. The van der Waals surface area contributed by atoms with Crippen LogP contribution in [0.5, 0.6) is 5.75 Å². The zero-order chi connectivity index (χ0) is 20.1. The minimum absolute atomic E-state index is 0.0301. The third-order valence-corrected chi connectivity index (χ3v) is 5.31. The summed E-state index contributed by atoms with van der Waals surface area (Å²) in [6.45, 7) is 0.0594. The number of carbonyl (C=O) groups is 1. The standard InChI is InChI=1S/C20H22N2O5S/c1-28(25,26)19-9-5-4-8-18(19)27-14-20(24)21-10-17(23)13-22-11-15-6-2-3-7-16(15)12-22/h2-9,11-12,17,23H,10,13-14H2,1H3,(H,21,24). The maximum atomic E-state index is 12.0. The van der Waals surface area contributed by atoms with Crippen molar-refractivity contribution < 1.29 is 23.1 Å². The van der Waals surface area contributed by atoms with Crippen molar-refractivity contribution in [3.63, 3.8) is 0 Å². The van der Waals surface area contributed by atoms with Crippen LogP contribution in [0.15, 0.2) is 65.8 Å². The van der Waals surface area contributed by atoms with Crippen LogP contribution in [0.1, 0.15) is 0 Å². The van der Waals surface area contributed by atoms with Gasteiger partial charge in [0.15, 0.2) is 16.4 Å². The predicted octanol–water partition coefficient (Wildman–Crippen LogP) is 1.60. The zero-order valence-electron chi connectivity index (χ0n) is 15.4. The van der Waals surface area contributed by atoms with Crippen molar-refractivity contribution in [2.24, 2.45) is 0 Å². The summed E-state index contributed by atoms with van der Waals surface area (Å²) in [5.74, 6) is -0.320. The molecule has 28 heavy (non-hydrogen) atoms. The van der Waals surface area contributed by atoms with Crippen LogP contribution in [-0.2, 0) is 21.2 Å². The van der Waals surface area contributed by atoms with Gasteiger partial charge >= 0.3 is 0 Å². The number of para-hydroxylation sites is 1. The molecule has 1 atom stereocenters. The largest absolute Gasteiger partial charge is 0.482 e. The van der Waals surface area contributed by atoms with E-state index < -0.39 is 21.8 Å². The number of carbonyl (C=O) groups excluding carboxylic acids is 1. The van der Waals surface area contributed by atoms with Crippen LogP contribution < -0.4 is 10.1 Å². The molecule has 0 bridgehead atoms. The number of hydrogen-bond donors (Lipinski definition) is 2. The fourth-order valence-corrected chi connectivity index (χ4v) is 3.67. The van der Waals surface area contributed by atoms with Crippen LogP contribution in [0.25, 0.3) is 10.8 Å². The highest BCUT2D eigenvalue weighted by Crippen LogP contribution is 2.22. The molecule has 0 spiro atoms. The molecule has 0 saturated heterocycles. The Balaban J connectivity index is 1.49. The summed E-state index contributed by atoms with van der Waals surface area (Å²) in [5.41, 5.74) is 0. The second-order valence-corrected chi connectivity index (χ2v) is 8.53. The lowest BCUT2D eigenvalue weighted by atomic mass is 10.2. The van der Waals surface area contributed by atoms with Crippen molar-refractivity contribution in [1.29, 1.82) is 0 Å². The highest BCUT2D eigenvalue weighted by atomic mass is 32.2. The van der Waals surface area contributed by atoms with E-state index in [1.165, 1.54) is 12.1 Å². The third kappa shape index (κ3) is 5.11. The second-order valence-electron chi connectivity index (χ2n) is 6.55. The number of aliphatic hydroxyl groups excluding tert-OH is 1. The van der Waals surface area contributed by atoms with E-state index >= 15 is 0 Å². The highest BCUT2D eigenvalue weighted by Gasteiger charge is 2.15. The van der Waals surface area contributed by atoms with Gasteiger partial charge in [0, 0.05) is 31.7 Å². The second kappa shape index (κ2) is 8.45. The third-order valence-electron chi connectivity index (χ3n) is 4.17. The molecule has 0 aliphatic heterocycles. The van der Waals surface area contributed by atoms with Crippen LogP contribution in [0.4, 0.5) is 0 Å². The Morgan fingerprint density at radius 3 is 2.36 bits per heavy atom. The Kier molecular flexibility index (Phi) is 6.01. The molecule has 0 aliphatic carbocycles. The number of nitrogens with zero attached hydrogens (tertiary/aromatic N) is 1. The van der Waals surface area contributed by atoms with Gasteiger partial charge in [-0.1, -0.05) is 36.4 Å². The van der Waals surface area contributed by atoms with Crippen molar-refractivity contribution >= 4 is 26.5 Å². The summed E-state index contributed by atoms with van der Waals surface area (Å²) in [6, 6.07) is 14.0. The van der Waals surface area contributed by atoms with Gasteiger partial charge in [0.2, 0.25) is 0 Å². The van der Waals surface area contributed by atoms with Gasteiger partial charge in [0.05, 0.1) is 6.10 Å². The molecule has 1 heterocycles. The Hall–Kier alpha value is -2.84. The molecule has 3 rings (SSSR count). The molecule has 148 valence electrons. The Morgan fingerprint density at radius 1 is 1.11 bits per heavy atom. The van der Waals surface area contributed by atoms with Crippen LogP contribution in [0.2, 0.25) is 0 Å². The van der Waals surface area contributed by atoms with E-state index in [0.29, 0.717) is 6.54 Å². The molecule has 1 unspecified atom stereocenters. The van der Waals surface area contributed by atoms with Crippen LogP contribution in [-0.4, -0.2) is 49.5 Å². The molecule has 3 aromatic rings. The number of fused-ring (bicyclic) bond motifs is 1. The van der Waals surface area contributed by atoms with Crippen LogP contribution >= 0.6 is 0 Å². The molecule has 2 N–H and O–H groups in total. The number of sulfone groups is 1. The van der Waals surface area contributed by atoms with Crippen molar-refractivity contribution in [3.05, 3.63) is 60.9 Å². The average molecular weight is 402 g/mol. The van der Waals surface area contributed by atoms with Gasteiger partial charge in [-0.3, -0.25) is 4.79 Å². The minimum Gasteiger partial charge on any atom is -0.482 e. The summed E-state index contributed by atoms with van der Waals surface area (Å²) >= 11 is 0. The van der Waals surface area contributed by atoms with Gasteiger partial charge in [-0.05, 0) is 22.9 Å². The Labute approximate surface area is 163 Å². The van der Waals surface area contributed by atoms with Crippen molar-refractivity contribution in [1.82, 2.24) is 9.88 Å². The highest BCUT2D eigenvalue weighted by molar-refractivity contribution is 7.90. The number of nitrogens with one attached hydrogen (secondary N) is 1. The summed E-state index contributed by atoms with van der Waals surface area (Å²) < 4.78 is 30.7. The summed E-state index contributed by atoms with van der Waals surface area (Å²) in [6.07, 6.45) is 4.18. The first-order valence-corrected chi connectivity index (χ1v) is 10.6. The molecular weight excluding hydrogens is 380 g/mol. The van der Waals surface area contributed by atoms with Gasteiger partial charge in [0.25, 0.3) is 5.91 Å². The molecule has 0 radical (unpaired) electrons. The molecule has 0 saturated carbocycles. The quantitative estimate of drug-likeness (QED) is 0.597. The van der Waals surface area contributed by atoms with Crippen molar-refractivity contribution in [2.75, 3.05) is 19.4 Å². The smallest absolute Gasteiger partial charge is 0.258 e. The SMILES string of the molecule is CS(=O)(=O)c1ccccc1OCC(=O)NCC(O)Cn1cc2ccccc2c1. The first-order valence-electron chi connectivity index (χ1n) is 8.74. The lowest BCUT2D eigenvalue weighted by Crippen LogP contribution is -2.36. The van der Waals surface area contributed by atoms with E-state index in [-0.39, 0.29) is 23.8 Å². The maximum absolute atomic E-state index is 12.0. The van der Waals surface area contributed by atoms with E-state index in [1.807, 2.05) is 41.2 Å². The summed E-state index contributed by atoms with van der Waals surface area (Å²) in [5, 5.41) is 14.9. The fourth-order valence-electron chi connectivity index (χ4n) is 2.86. The lowest BCUT2D eigenvalue weighted by molar-refractivity contribution is -0.123. The van der Waals surface area contributed by atoms with Crippen LogP contribution in [0.3, 0.4) is 0 Å². The Morgan fingerprint density at radius 2 is 1.71 bits per heavy atom. The van der Waals surface area contributed by atoms with Crippen LogP contribution in [0, 0.1) is 0 Å². The number of hydrogen-bond acceptors (Lipinski definition) is 5. The van der Waals surface area contributed by atoms with Gasteiger partial charge in [-0.25, -0.2) is 8.42 Å². The van der Waals surface area contributed by atoms with Gasteiger partial charge in [0.1, 0.15) is 10.6 Å². The zero-order valence-corrected chi connectivity index (χ0v) is 16.2. The molecule has 8 heteroatoms. The van der Waals surface area contributed by atoms with Crippen molar-refractivity contribution in [3.8, 4) is 5.75 Å². The Bertz CT molecular complexity index is 1040. The molecule has 0 fully saturated rings. The molecule has 1 amide bonds. The monoisotopic (exact) mass is 402 g/mol. The first-order chi connectivity index (χ1) is 13.3. The van der Waals surface area contributed by atoms with Gasteiger partial charge in [-0.15, -0.1) is 0 Å². The molecule has 2 aromatic carbocycles. The lowest BCUT2D eigenvalue weighted by Gasteiger charge is -2.14. The van der Waals surface area contributed by atoms with E-state index in [2.05, 4.69) is 5.32 Å². The topological polar surface area (TPSA) is 97.6 Å². The number of amides is 1. The molecule has 1 aromatic heterocycles. The van der Waals surface area contributed by atoms with E-state index in [4.69, 9.17) is 4.74 Å². The number of ether oxygens (including phenoxy) is 1. The predicted molar refractivity (Wildman–Crippen MR) is 106 cm³/mol. The normalized spacial score (nSPS) is 12.6. The number of rotatable bonds is 8. The fraction of sp³-hybridized carbons (Fsp3) is 0.250. The summed E-state index contributed by atoms with van der Waals surface area (Å²) in [4.78, 5) is 12.0. The number of aliphatic hydroxyl groups is 1. The minimum atomic E-state index is -3.45. The van der Waals surface area contributed by atoms with Crippen molar-refractivity contribution in [2.45, 2.75) is 17.5 Å². The van der Waals surface area contributed by atoms with Gasteiger partial charge < -0.3 is 19.7 Å². The molecular formula is C20H22N2O5S. The van der Waals surface area contributed by atoms with E-state index in [1.54, 1.807) is 12.1 Å². The average Bonchev–Trinajstić information content (AvgIpc) is 3.06. The summed E-state index contributed by atoms with van der Waals surface area (Å²) in [7, 11) is -3.45. The molecule has 0 aliphatic rings.